The number of Topliss-reactive ketones (excluding diaryl/α,β-unsaturated/α-hetero) is 1. The van der Waals surface area contributed by atoms with Crippen molar-refractivity contribution in [1.29, 1.82) is 0 Å². The third kappa shape index (κ3) is 1.33. The Hall–Kier alpha value is -0.930. The summed E-state index contributed by atoms with van der Waals surface area (Å²) in [5.41, 5.74) is 0. The average Bonchev–Trinajstić information content (AvgIpc) is 2.59. The van der Waals surface area contributed by atoms with Gasteiger partial charge < -0.3 is 0 Å². The summed E-state index contributed by atoms with van der Waals surface area (Å²) in [5, 5.41) is 0. The molecule has 0 aromatic rings. The Morgan fingerprint density at radius 2 is 1.71 bits per heavy atom. The van der Waals surface area contributed by atoms with Crippen molar-refractivity contribution in [2.75, 3.05) is 26.2 Å². The van der Waals surface area contributed by atoms with Crippen molar-refractivity contribution in [3.05, 3.63) is 25.3 Å². The van der Waals surface area contributed by atoms with Crippen molar-refractivity contribution < 1.29 is 4.79 Å². The minimum absolute atomic E-state index is 0.00370. The van der Waals surface area contributed by atoms with Crippen LogP contribution in [-0.4, -0.2) is 47.9 Å². The van der Waals surface area contributed by atoms with E-state index in [-0.39, 0.29) is 12.1 Å². The van der Waals surface area contributed by atoms with Gasteiger partial charge in [0.05, 0.1) is 0 Å². The minimum Gasteiger partial charge on any atom is -0.296 e. The third-order valence-electron chi connectivity index (χ3n) is 2.99. The normalized spacial score (nSPS) is 32.4. The van der Waals surface area contributed by atoms with Crippen molar-refractivity contribution in [2.24, 2.45) is 5.92 Å². The first-order valence-corrected chi connectivity index (χ1v) is 5.01. The fraction of sp³-hybridized carbons (Fsp3) is 0.545. The molecule has 0 spiro atoms. The molecule has 3 heteroatoms. The maximum absolute atomic E-state index is 11.8. The highest BCUT2D eigenvalue weighted by Crippen LogP contribution is 2.30. The van der Waals surface area contributed by atoms with Crippen molar-refractivity contribution in [1.82, 2.24) is 9.80 Å². The van der Waals surface area contributed by atoms with E-state index in [1.165, 1.54) is 0 Å². The van der Waals surface area contributed by atoms with Crippen molar-refractivity contribution in [2.45, 2.75) is 6.17 Å². The predicted octanol–water partition coefficient (Wildman–Crippen LogP) is 0.501. The SMILES string of the molecule is C=CCN1CC2CN(CC=C)C1C2=O. The van der Waals surface area contributed by atoms with Gasteiger partial charge in [-0.05, 0) is 0 Å². The number of hydrogen-bond acceptors (Lipinski definition) is 3. The molecule has 76 valence electrons. The van der Waals surface area contributed by atoms with Gasteiger partial charge in [0.2, 0.25) is 0 Å². The number of rotatable bonds is 4. The largest absolute Gasteiger partial charge is 0.296 e. The van der Waals surface area contributed by atoms with Gasteiger partial charge in [-0.25, -0.2) is 0 Å². The van der Waals surface area contributed by atoms with Gasteiger partial charge in [0, 0.05) is 32.1 Å². The van der Waals surface area contributed by atoms with Crippen LogP contribution in [0.1, 0.15) is 0 Å². The molecule has 0 aliphatic carbocycles. The molecule has 2 fully saturated rings. The number of carbonyl (C=O) groups excluding carboxylic acids is 1. The standard InChI is InChI=1S/C11H16N2O/c1-3-5-12-7-9-8-13(6-4-2)11(12)10(9)14/h3-4,9,11H,1-2,5-8H2. The molecule has 2 rings (SSSR count). The Morgan fingerprint density at radius 3 is 2.07 bits per heavy atom. The summed E-state index contributed by atoms with van der Waals surface area (Å²) in [6, 6.07) is 0. The molecule has 0 saturated carbocycles. The van der Waals surface area contributed by atoms with Crippen LogP contribution in [-0.2, 0) is 4.79 Å². The van der Waals surface area contributed by atoms with E-state index >= 15 is 0 Å². The van der Waals surface area contributed by atoms with Crippen LogP contribution in [0.15, 0.2) is 25.3 Å². The lowest BCUT2D eigenvalue weighted by Crippen LogP contribution is -2.48. The zero-order chi connectivity index (χ0) is 10.1. The summed E-state index contributed by atoms with van der Waals surface area (Å²) in [6.07, 6.45) is 3.72. The number of nitrogens with zero attached hydrogens (tertiary/aromatic N) is 2. The van der Waals surface area contributed by atoms with Crippen LogP contribution in [0.4, 0.5) is 0 Å². The maximum atomic E-state index is 11.8. The first-order chi connectivity index (χ1) is 6.77. The Morgan fingerprint density at radius 1 is 1.21 bits per heavy atom. The van der Waals surface area contributed by atoms with Gasteiger partial charge in [-0.3, -0.25) is 14.6 Å². The summed E-state index contributed by atoms with van der Waals surface area (Å²) in [4.78, 5) is 16.2. The maximum Gasteiger partial charge on any atom is 0.170 e. The van der Waals surface area contributed by atoms with E-state index in [1.807, 2.05) is 12.2 Å². The van der Waals surface area contributed by atoms with E-state index in [4.69, 9.17) is 0 Å². The van der Waals surface area contributed by atoms with Gasteiger partial charge in [0.1, 0.15) is 6.17 Å². The van der Waals surface area contributed by atoms with Crippen LogP contribution in [0.5, 0.6) is 0 Å². The van der Waals surface area contributed by atoms with E-state index in [9.17, 15) is 4.79 Å². The fourth-order valence-corrected chi connectivity index (χ4v) is 2.49. The quantitative estimate of drug-likeness (QED) is 0.606. The second kappa shape index (κ2) is 3.67. The van der Waals surface area contributed by atoms with Gasteiger partial charge in [-0.1, -0.05) is 12.2 Å². The molecule has 0 amide bonds. The molecular weight excluding hydrogens is 176 g/mol. The Labute approximate surface area is 84.7 Å². The molecule has 0 radical (unpaired) electrons. The summed E-state index contributed by atoms with van der Waals surface area (Å²) in [6.45, 7) is 10.8. The lowest BCUT2D eigenvalue weighted by molar-refractivity contribution is -0.122. The monoisotopic (exact) mass is 192 g/mol. The molecule has 2 bridgehead atoms. The first-order valence-electron chi connectivity index (χ1n) is 5.01. The van der Waals surface area contributed by atoms with Crippen molar-refractivity contribution >= 4 is 5.78 Å². The minimum atomic E-state index is -0.00370. The van der Waals surface area contributed by atoms with E-state index in [1.54, 1.807) is 0 Å². The first kappa shape index (κ1) is 9.62. The Kier molecular flexibility index (Phi) is 2.52. The highest BCUT2D eigenvalue weighted by Gasteiger charge is 2.49. The van der Waals surface area contributed by atoms with E-state index in [2.05, 4.69) is 23.0 Å². The number of likely N-dealkylation sites (tertiary alicyclic amines) is 2. The summed E-state index contributed by atoms with van der Waals surface area (Å²) >= 11 is 0. The Balaban J connectivity index is 2.10. The number of fused-ring (bicyclic) bond motifs is 2. The number of hydrogen-bond donors (Lipinski definition) is 0. The van der Waals surface area contributed by atoms with Crippen LogP contribution in [0.25, 0.3) is 0 Å². The van der Waals surface area contributed by atoms with Crippen molar-refractivity contribution in [3.8, 4) is 0 Å². The van der Waals surface area contributed by atoms with Crippen LogP contribution >= 0.6 is 0 Å². The molecule has 2 aliphatic rings. The molecule has 0 atom stereocenters. The lowest BCUT2D eigenvalue weighted by atomic mass is 10.1. The molecule has 2 aliphatic heterocycles. The van der Waals surface area contributed by atoms with Gasteiger partial charge in [0.25, 0.3) is 0 Å². The van der Waals surface area contributed by atoms with Gasteiger partial charge in [-0.2, -0.15) is 0 Å². The number of carbonyl (C=O) groups is 1. The molecule has 14 heavy (non-hydrogen) atoms. The topological polar surface area (TPSA) is 23.6 Å². The second-order valence-electron chi connectivity index (χ2n) is 3.96. The van der Waals surface area contributed by atoms with E-state index in [0.717, 1.165) is 26.2 Å². The van der Waals surface area contributed by atoms with Gasteiger partial charge in [-0.15, -0.1) is 13.2 Å². The predicted molar refractivity (Wildman–Crippen MR) is 55.8 cm³/mol. The molecule has 0 unspecified atom stereocenters. The average molecular weight is 192 g/mol. The lowest BCUT2D eigenvalue weighted by Gasteiger charge is -2.33. The molecule has 3 nitrogen and oxygen atoms in total. The van der Waals surface area contributed by atoms with Crippen LogP contribution in [0.2, 0.25) is 0 Å². The van der Waals surface area contributed by atoms with E-state index < -0.39 is 0 Å². The molecular formula is C11H16N2O. The van der Waals surface area contributed by atoms with E-state index in [0.29, 0.717) is 5.78 Å². The number of ketones is 1. The molecule has 0 aromatic carbocycles. The highest BCUT2D eigenvalue weighted by molar-refractivity contribution is 5.90. The van der Waals surface area contributed by atoms with Crippen LogP contribution in [0.3, 0.4) is 0 Å². The fourth-order valence-electron chi connectivity index (χ4n) is 2.49. The van der Waals surface area contributed by atoms with Crippen LogP contribution < -0.4 is 0 Å². The zero-order valence-corrected chi connectivity index (χ0v) is 8.35. The summed E-state index contributed by atoms with van der Waals surface area (Å²) in [7, 11) is 0. The molecule has 0 N–H and O–H groups in total. The second-order valence-corrected chi connectivity index (χ2v) is 3.96. The van der Waals surface area contributed by atoms with Crippen LogP contribution in [0, 0.1) is 5.92 Å². The van der Waals surface area contributed by atoms with Crippen molar-refractivity contribution in [3.63, 3.8) is 0 Å². The Bertz CT molecular complexity index is 254. The highest BCUT2D eigenvalue weighted by atomic mass is 16.1. The van der Waals surface area contributed by atoms with Gasteiger partial charge >= 0.3 is 0 Å². The summed E-state index contributed by atoms with van der Waals surface area (Å²) in [5.74, 6) is 0.605. The third-order valence-corrected chi connectivity index (χ3v) is 2.99. The van der Waals surface area contributed by atoms with Gasteiger partial charge in [0.15, 0.2) is 5.78 Å². The summed E-state index contributed by atoms with van der Waals surface area (Å²) < 4.78 is 0. The smallest absolute Gasteiger partial charge is 0.170 e. The molecule has 2 saturated heterocycles. The molecule has 0 aromatic heterocycles. The molecule has 2 heterocycles. The zero-order valence-electron chi connectivity index (χ0n) is 8.35.